The van der Waals surface area contributed by atoms with Gasteiger partial charge in [-0.2, -0.15) is 0 Å². The molecule has 1 fully saturated rings. The molecule has 1 saturated heterocycles. The summed E-state index contributed by atoms with van der Waals surface area (Å²) in [4.78, 5) is 29.3. The van der Waals surface area contributed by atoms with Crippen LogP contribution < -0.4 is 19.7 Å². The maximum Gasteiger partial charge on any atom is 0.264 e. The molecular weight excluding hydrogens is 592 g/mol. The number of aliphatic hydroxyl groups is 1. The van der Waals surface area contributed by atoms with Crippen LogP contribution in [0.2, 0.25) is 0 Å². The van der Waals surface area contributed by atoms with Gasteiger partial charge in [0.2, 0.25) is 0 Å². The molecule has 244 valence electrons. The molecule has 0 aromatic heterocycles. The first-order valence-electron chi connectivity index (χ1n) is 16.0. The number of carbonyl (C=O) groups excluding carboxylic acids is 2. The van der Waals surface area contributed by atoms with Gasteiger partial charge in [0.1, 0.15) is 11.5 Å². The lowest BCUT2D eigenvalue weighted by atomic mass is 9.63. The topological polar surface area (TPSA) is 97.3 Å². The monoisotopic (exact) mass is 634 g/mol. The Kier molecular flexibility index (Phi) is 8.83. The van der Waals surface area contributed by atoms with Crippen molar-refractivity contribution in [2.45, 2.75) is 50.9 Å². The van der Waals surface area contributed by atoms with E-state index < -0.39 is 5.60 Å². The van der Waals surface area contributed by atoms with Crippen LogP contribution >= 0.6 is 0 Å². The van der Waals surface area contributed by atoms with Crippen LogP contribution in [0.3, 0.4) is 0 Å². The Morgan fingerprint density at radius 3 is 2.15 bits per heavy atom. The number of hydrogen-bond donors (Lipinski definition) is 2. The van der Waals surface area contributed by atoms with Crippen molar-refractivity contribution in [3.05, 3.63) is 119 Å². The first kappa shape index (κ1) is 32.3. The molecule has 6 rings (SSSR count). The van der Waals surface area contributed by atoms with Gasteiger partial charge in [0.05, 0.1) is 32.6 Å². The number of rotatable bonds is 10. The molecule has 0 unspecified atom stereocenters. The van der Waals surface area contributed by atoms with Gasteiger partial charge in [-0.15, -0.1) is 0 Å². The van der Waals surface area contributed by atoms with Gasteiger partial charge >= 0.3 is 0 Å². The maximum atomic E-state index is 14.7. The average Bonchev–Trinajstić information content (AvgIpc) is 3.52. The third-order valence-electron chi connectivity index (χ3n) is 10.1. The van der Waals surface area contributed by atoms with Crippen LogP contribution in [0, 0.1) is 11.8 Å². The summed E-state index contributed by atoms with van der Waals surface area (Å²) in [5, 5.41) is 13.0. The standard InChI is InChI=1S/C39H42N2O6/c1-25-35(38(2,3)28-14-20-31(46-5)21-15-28)34(22-23-42)47-39(25)32-8-6-7-9-33(32)41(37(39)44)24-26-10-16-29(17-11-26)40-36(43)27-12-18-30(45-4)19-13-27/h6-21,25,34-35,42H,22-24H2,1-5H3,(H,40,43)/t25-,34+,35-,39+/m0/s1. The van der Waals surface area contributed by atoms with Crippen LogP contribution in [-0.2, 0) is 27.1 Å². The Labute approximate surface area is 276 Å². The minimum Gasteiger partial charge on any atom is -0.497 e. The highest BCUT2D eigenvalue weighted by molar-refractivity contribution is 6.07. The molecule has 47 heavy (non-hydrogen) atoms. The maximum absolute atomic E-state index is 14.7. The lowest BCUT2D eigenvalue weighted by molar-refractivity contribution is -0.146. The molecule has 8 heteroatoms. The number of aliphatic hydroxyl groups excluding tert-OH is 1. The molecule has 4 aromatic carbocycles. The molecule has 0 bridgehead atoms. The zero-order valence-corrected chi connectivity index (χ0v) is 27.5. The fourth-order valence-electron chi connectivity index (χ4n) is 7.64. The van der Waals surface area contributed by atoms with Gasteiger partial charge in [0.25, 0.3) is 11.8 Å². The number of carbonyl (C=O) groups is 2. The van der Waals surface area contributed by atoms with Gasteiger partial charge in [0, 0.05) is 35.3 Å². The normalized spacial score (nSPS) is 22.0. The molecule has 0 radical (unpaired) electrons. The molecule has 4 aromatic rings. The number of fused-ring (bicyclic) bond motifs is 2. The highest BCUT2D eigenvalue weighted by Gasteiger charge is 2.65. The summed E-state index contributed by atoms with van der Waals surface area (Å²) in [5.74, 6) is 0.899. The Hall–Kier alpha value is -4.66. The molecule has 2 aliphatic rings. The van der Waals surface area contributed by atoms with E-state index in [1.165, 1.54) is 0 Å². The molecule has 2 amide bonds. The Morgan fingerprint density at radius 1 is 0.915 bits per heavy atom. The fourth-order valence-corrected chi connectivity index (χ4v) is 7.64. The van der Waals surface area contributed by atoms with Crippen molar-refractivity contribution < 1.29 is 28.9 Å². The van der Waals surface area contributed by atoms with Crippen LogP contribution in [0.25, 0.3) is 0 Å². The summed E-state index contributed by atoms with van der Waals surface area (Å²) in [6.45, 7) is 6.81. The van der Waals surface area contributed by atoms with Crippen LogP contribution in [0.5, 0.6) is 11.5 Å². The summed E-state index contributed by atoms with van der Waals surface area (Å²) >= 11 is 0. The van der Waals surface area contributed by atoms with Crippen LogP contribution in [0.15, 0.2) is 97.1 Å². The summed E-state index contributed by atoms with van der Waals surface area (Å²) < 4.78 is 17.5. The van der Waals surface area contributed by atoms with Crippen molar-refractivity contribution in [3.8, 4) is 11.5 Å². The molecule has 2 heterocycles. The van der Waals surface area contributed by atoms with Crippen molar-refractivity contribution in [1.29, 1.82) is 0 Å². The number of para-hydroxylation sites is 1. The van der Waals surface area contributed by atoms with E-state index in [2.05, 4.69) is 38.2 Å². The molecule has 0 saturated carbocycles. The third kappa shape index (κ3) is 5.66. The predicted octanol–water partition coefficient (Wildman–Crippen LogP) is 6.71. The van der Waals surface area contributed by atoms with Gasteiger partial charge in [0.15, 0.2) is 5.60 Å². The van der Waals surface area contributed by atoms with Crippen molar-refractivity contribution in [2.75, 3.05) is 31.0 Å². The summed E-state index contributed by atoms with van der Waals surface area (Å²) in [5.41, 5.74) is 3.35. The largest absolute Gasteiger partial charge is 0.497 e. The van der Waals surface area contributed by atoms with Crippen molar-refractivity contribution in [2.24, 2.45) is 11.8 Å². The zero-order chi connectivity index (χ0) is 33.3. The smallest absolute Gasteiger partial charge is 0.264 e. The van der Waals surface area contributed by atoms with Crippen LogP contribution in [-0.4, -0.2) is 43.9 Å². The zero-order valence-electron chi connectivity index (χ0n) is 27.5. The second kappa shape index (κ2) is 12.9. The van der Waals surface area contributed by atoms with Gasteiger partial charge in [-0.25, -0.2) is 0 Å². The average molecular weight is 635 g/mol. The molecular formula is C39H42N2O6. The second-order valence-corrected chi connectivity index (χ2v) is 13.0. The molecule has 0 aliphatic carbocycles. The Morgan fingerprint density at radius 2 is 1.53 bits per heavy atom. The van der Waals surface area contributed by atoms with Crippen molar-refractivity contribution in [1.82, 2.24) is 0 Å². The van der Waals surface area contributed by atoms with Gasteiger partial charge in [-0.05, 0) is 77.6 Å². The highest BCUT2D eigenvalue weighted by Crippen LogP contribution is 2.59. The van der Waals surface area contributed by atoms with Crippen LogP contribution in [0.1, 0.15) is 54.2 Å². The number of anilines is 2. The minimum absolute atomic E-state index is 0.0381. The summed E-state index contributed by atoms with van der Waals surface area (Å²) in [6.07, 6.45) is 0.0906. The Bertz CT molecular complexity index is 1740. The molecule has 2 N–H and O–H groups in total. The number of methoxy groups -OCH3 is 2. The minimum atomic E-state index is -1.18. The SMILES string of the molecule is COc1ccc(C(=O)Nc2ccc(CN3C(=O)[C@]4(O[C@H](CCO)[C@@H](C(C)(C)c5ccc(OC)cc5)[C@@H]4C)c4ccccc43)cc2)cc1. The van der Waals surface area contributed by atoms with E-state index in [0.717, 1.165) is 28.1 Å². The molecule has 2 aliphatic heterocycles. The first-order valence-corrected chi connectivity index (χ1v) is 16.0. The molecule has 4 atom stereocenters. The Balaban J connectivity index is 1.26. The van der Waals surface area contributed by atoms with E-state index in [-0.39, 0.29) is 41.8 Å². The van der Waals surface area contributed by atoms with E-state index in [9.17, 15) is 14.7 Å². The quantitative estimate of drug-likeness (QED) is 0.201. The van der Waals surface area contributed by atoms with Gasteiger partial charge in [-0.3, -0.25) is 9.59 Å². The molecule has 1 spiro atoms. The number of amides is 2. The van der Waals surface area contributed by atoms with Crippen molar-refractivity contribution in [3.63, 3.8) is 0 Å². The number of benzene rings is 4. The third-order valence-corrected chi connectivity index (χ3v) is 10.1. The van der Waals surface area contributed by atoms with Gasteiger partial charge in [-0.1, -0.05) is 63.2 Å². The number of nitrogens with zero attached hydrogens (tertiary/aromatic N) is 1. The van der Waals surface area contributed by atoms with E-state index >= 15 is 0 Å². The summed E-state index contributed by atoms with van der Waals surface area (Å²) in [6, 6.07) is 30.4. The number of ether oxygens (including phenoxy) is 3. The van der Waals surface area contributed by atoms with Crippen molar-refractivity contribution >= 4 is 23.2 Å². The van der Waals surface area contributed by atoms with Crippen LogP contribution in [0.4, 0.5) is 11.4 Å². The highest BCUT2D eigenvalue weighted by atomic mass is 16.5. The number of hydrogen-bond acceptors (Lipinski definition) is 6. The molecule has 8 nitrogen and oxygen atoms in total. The fraction of sp³-hybridized carbons (Fsp3) is 0.333. The lowest BCUT2D eigenvalue weighted by Crippen LogP contribution is -2.45. The van der Waals surface area contributed by atoms with Gasteiger partial charge < -0.3 is 29.5 Å². The predicted molar refractivity (Wildman–Crippen MR) is 182 cm³/mol. The van der Waals surface area contributed by atoms with E-state index in [4.69, 9.17) is 14.2 Å². The first-order chi connectivity index (χ1) is 22.6. The van der Waals surface area contributed by atoms with E-state index in [1.807, 2.05) is 65.6 Å². The van der Waals surface area contributed by atoms with E-state index in [1.54, 1.807) is 38.5 Å². The second-order valence-electron chi connectivity index (χ2n) is 13.0. The summed E-state index contributed by atoms with van der Waals surface area (Å²) in [7, 11) is 3.24. The van der Waals surface area contributed by atoms with E-state index in [0.29, 0.717) is 30.0 Å². The number of nitrogens with one attached hydrogen (secondary N) is 1. The lowest BCUT2D eigenvalue weighted by Gasteiger charge is -2.38.